The summed E-state index contributed by atoms with van der Waals surface area (Å²) in [6, 6.07) is 17.8. The van der Waals surface area contributed by atoms with E-state index in [0.29, 0.717) is 17.0 Å². The molecule has 4 heteroatoms. The third-order valence-electron chi connectivity index (χ3n) is 4.47. The number of carbonyl (C=O) groups is 1. The van der Waals surface area contributed by atoms with Gasteiger partial charge in [-0.15, -0.1) is 0 Å². The Labute approximate surface area is 147 Å². The Morgan fingerprint density at radius 3 is 2.16 bits per heavy atom. The van der Waals surface area contributed by atoms with E-state index in [1.54, 1.807) is 54.7 Å². The second kappa shape index (κ2) is 7.90. The molecule has 0 bridgehead atoms. The molecule has 1 atom stereocenters. The van der Waals surface area contributed by atoms with Gasteiger partial charge in [0.25, 0.3) is 5.91 Å². The number of benzene rings is 2. The number of allylic oxidation sites excluding steroid dienone is 2. The van der Waals surface area contributed by atoms with Crippen molar-refractivity contribution < 1.29 is 9.90 Å². The number of carbonyl (C=O) groups excluding carboxylic acids is 1. The molecule has 0 saturated carbocycles. The summed E-state index contributed by atoms with van der Waals surface area (Å²) in [5.74, 6) is -0.237. The van der Waals surface area contributed by atoms with E-state index in [1.807, 2.05) is 12.1 Å². The van der Waals surface area contributed by atoms with E-state index in [0.717, 1.165) is 19.3 Å². The minimum atomic E-state index is -1.79. The van der Waals surface area contributed by atoms with Gasteiger partial charge in [0.15, 0.2) is 5.60 Å². The summed E-state index contributed by atoms with van der Waals surface area (Å²) in [4.78, 5) is 12.8. The molecule has 3 rings (SSSR count). The lowest BCUT2D eigenvalue weighted by Crippen LogP contribution is -2.43. The van der Waals surface area contributed by atoms with E-state index in [1.165, 1.54) is 0 Å². The lowest BCUT2D eigenvalue weighted by molar-refractivity contribution is -0.136. The van der Waals surface area contributed by atoms with E-state index >= 15 is 0 Å². The van der Waals surface area contributed by atoms with Gasteiger partial charge < -0.3 is 5.11 Å². The van der Waals surface area contributed by atoms with Gasteiger partial charge in [-0.3, -0.25) is 4.79 Å². The van der Waals surface area contributed by atoms with Gasteiger partial charge in [-0.05, 0) is 36.3 Å². The van der Waals surface area contributed by atoms with Gasteiger partial charge in [0.05, 0.1) is 0 Å². The SMILES string of the molecule is O=C(NN=CC1CC=CCC1)C(O)(c1ccccc1)c1ccccc1. The topological polar surface area (TPSA) is 61.7 Å². The first-order valence-electron chi connectivity index (χ1n) is 8.53. The van der Waals surface area contributed by atoms with Gasteiger partial charge >= 0.3 is 0 Å². The monoisotopic (exact) mass is 334 g/mol. The Morgan fingerprint density at radius 2 is 1.64 bits per heavy atom. The number of aliphatic hydroxyl groups is 1. The Balaban J connectivity index is 1.83. The Morgan fingerprint density at radius 1 is 1.04 bits per heavy atom. The summed E-state index contributed by atoms with van der Waals surface area (Å²) in [6.45, 7) is 0. The number of hydrogen-bond donors (Lipinski definition) is 2. The van der Waals surface area contributed by atoms with E-state index in [9.17, 15) is 9.90 Å². The highest BCUT2D eigenvalue weighted by Gasteiger charge is 2.39. The van der Waals surface area contributed by atoms with Crippen LogP contribution in [0.4, 0.5) is 0 Å². The minimum Gasteiger partial charge on any atom is -0.372 e. The summed E-state index contributed by atoms with van der Waals surface area (Å²) < 4.78 is 0. The zero-order valence-electron chi connectivity index (χ0n) is 14.0. The van der Waals surface area contributed by atoms with Crippen molar-refractivity contribution in [2.45, 2.75) is 24.9 Å². The number of nitrogens with one attached hydrogen (secondary N) is 1. The van der Waals surface area contributed by atoms with Crippen molar-refractivity contribution in [3.05, 3.63) is 83.9 Å². The van der Waals surface area contributed by atoms with Crippen LogP contribution in [-0.4, -0.2) is 17.2 Å². The molecule has 1 aliphatic carbocycles. The molecule has 0 saturated heterocycles. The highest BCUT2D eigenvalue weighted by Crippen LogP contribution is 2.29. The van der Waals surface area contributed by atoms with Crippen molar-refractivity contribution in [3.8, 4) is 0 Å². The van der Waals surface area contributed by atoms with Crippen molar-refractivity contribution in [1.29, 1.82) is 0 Å². The molecule has 0 aliphatic heterocycles. The van der Waals surface area contributed by atoms with E-state index in [4.69, 9.17) is 0 Å². The Hall–Kier alpha value is -2.72. The van der Waals surface area contributed by atoms with Crippen LogP contribution in [0.2, 0.25) is 0 Å². The molecule has 1 amide bonds. The molecular formula is C21H22N2O2. The quantitative estimate of drug-likeness (QED) is 0.500. The maximum Gasteiger partial charge on any atom is 0.281 e. The van der Waals surface area contributed by atoms with Crippen LogP contribution in [0.1, 0.15) is 30.4 Å². The molecular weight excluding hydrogens is 312 g/mol. The molecule has 0 radical (unpaired) electrons. The van der Waals surface area contributed by atoms with Crippen molar-refractivity contribution in [2.75, 3.05) is 0 Å². The number of hydrogen-bond acceptors (Lipinski definition) is 3. The predicted octanol–water partition coefficient (Wildman–Crippen LogP) is 3.38. The molecule has 1 unspecified atom stereocenters. The van der Waals surface area contributed by atoms with Gasteiger partial charge in [0, 0.05) is 6.21 Å². The second-order valence-electron chi connectivity index (χ2n) is 6.21. The Bertz CT molecular complexity index is 714. The van der Waals surface area contributed by atoms with Gasteiger partial charge in [-0.2, -0.15) is 5.10 Å². The van der Waals surface area contributed by atoms with Gasteiger partial charge in [0.2, 0.25) is 0 Å². The molecule has 0 spiro atoms. The van der Waals surface area contributed by atoms with Gasteiger partial charge in [-0.1, -0.05) is 72.8 Å². The number of amides is 1. The van der Waals surface area contributed by atoms with Crippen molar-refractivity contribution in [2.24, 2.45) is 11.0 Å². The van der Waals surface area contributed by atoms with Crippen molar-refractivity contribution in [3.63, 3.8) is 0 Å². The first-order valence-corrected chi connectivity index (χ1v) is 8.53. The molecule has 2 N–H and O–H groups in total. The van der Waals surface area contributed by atoms with Gasteiger partial charge in [-0.25, -0.2) is 5.43 Å². The zero-order valence-corrected chi connectivity index (χ0v) is 14.0. The molecule has 2 aromatic carbocycles. The van der Waals surface area contributed by atoms with Crippen LogP contribution in [-0.2, 0) is 10.4 Å². The number of nitrogens with zero attached hydrogens (tertiary/aromatic N) is 1. The second-order valence-corrected chi connectivity index (χ2v) is 6.21. The smallest absolute Gasteiger partial charge is 0.281 e. The number of rotatable bonds is 5. The maximum atomic E-state index is 12.8. The fraction of sp³-hybridized carbons (Fsp3) is 0.238. The third-order valence-corrected chi connectivity index (χ3v) is 4.47. The van der Waals surface area contributed by atoms with Crippen molar-refractivity contribution in [1.82, 2.24) is 5.43 Å². The van der Waals surface area contributed by atoms with E-state index in [2.05, 4.69) is 22.7 Å². The molecule has 1 aliphatic rings. The van der Waals surface area contributed by atoms with Gasteiger partial charge in [0.1, 0.15) is 0 Å². The molecule has 25 heavy (non-hydrogen) atoms. The summed E-state index contributed by atoms with van der Waals surface area (Å²) in [5.41, 5.74) is 1.76. The summed E-state index contributed by atoms with van der Waals surface area (Å²) in [6.07, 6.45) is 9.04. The molecule has 0 heterocycles. The molecule has 128 valence electrons. The Kier molecular flexibility index (Phi) is 5.41. The first-order chi connectivity index (χ1) is 12.2. The highest BCUT2D eigenvalue weighted by molar-refractivity contribution is 5.90. The fourth-order valence-corrected chi connectivity index (χ4v) is 3.02. The number of hydrazone groups is 1. The van der Waals surface area contributed by atoms with Crippen LogP contribution in [0.5, 0.6) is 0 Å². The molecule has 2 aromatic rings. The maximum absolute atomic E-state index is 12.8. The van der Waals surface area contributed by atoms with Crippen LogP contribution in [0.25, 0.3) is 0 Å². The molecule has 0 fully saturated rings. The average Bonchev–Trinajstić information content (AvgIpc) is 2.69. The lowest BCUT2D eigenvalue weighted by atomic mass is 9.85. The summed E-state index contributed by atoms with van der Waals surface area (Å²) in [5, 5.41) is 15.4. The molecule has 0 aromatic heterocycles. The lowest BCUT2D eigenvalue weighted by Gasteiger charge is -2.27. The third kappa shape index (κ3) is 3.86. The summed E-state index contributed by atoms with van der Waals surface area (Å²) >= 11 is 0. The predicted molar refractivity (Wildman–Crippen MR) is 99.0 cm³/mol. The minimum absolute atomic E-state index is 0.326. The first kappa shape index (κ1) is 17.1. The summed E-state index contributed by atoms with van der Waals surface area (Å²) in [7, 11) is 0. The van der Waals surface area contributed by atoms with E-state index in [-0.39, 0.29) is 0 Å². The van der Waals surface area contributed by atoms with E-state index < -0.39 is 11.5 Å². The van der Waals surface area contributed by atoms with Crippen LogP contribution in [0.15, 0.2) is 77.9 Å². The largest absolute Gasteiger partial charge is 0.372 e. The standard InChI is InChI=1S/C21H22N2O2/c24-20(23-22-16-17-10-4-1-5-11-17)21(25,18-12-6-2-7-13-18)19-14-8-3-9-15-19/h1-4,6-9,12-17,25H,5,10-11H2,(H,23,24). The zero-order chi connectivity index (χ0) is 17.5. The van der Waals surface area contributed by atoms with Crippen LogP contribution in [0.3, 0.4) is 0 Å². The fourth-order valence-electron chi connectivity index (χ4n) is 3.02. The molecule has 4 nitrogen and oxygen atoms in total. The van der Waals surface area contributed by atoms with Crippen molar-refractivity contribution >= 4 is 12.1 Å². The highest BCUT2D eigenvalue weighted by atomic mass is 16.3. The normalized spacial score (nSPS) is 17.6. The van der Waals surface area contributed by atoms with Crippen LogP contribution in [0, 0.1) is 5.92 Å². The van der Waals surface area contributed by atoms with Crippen LogP contribution < -0.4 is 5.43 Å². The average molecular weight is 334 g/mol. The van der Waals surface area contributed by atoms with Crippen LogP contribution >= 0.6 is 0 Å².